The van der Waals surface area contributed by atoms with Crippen LogP contribution < -0.4 is 0 Å². The highest BCUT2D eigenvalue weighted by molar-refractivity contribution is 5.90. The number of esters is 1. The summed E-state index contributed by atoms with van der Waals surface area (Å²) in [7, 11) is 0. The Hall–Kier alpha value is -1.68. The van der Waals surface area contributed by atoms with Crippen LogP contribution in [0.1, 0.15) is 25.3 Å². The van der Waals surface area contributed by atoms with E-state index in [1.54, 1.807) is 6.92 Å². The SMILES string of the molecule is CC1C(=O)CC[C@]2(Cc3ccccc3)C(=O)OC[C@]12O. The Labute approximate surface area is 117 Å². The number of fused-ring (bicyclic) bond motifs is 1. The van der Waals surface area contributed by atoms with Crippen molar-refractivity contribution in [2.75, 3.05) is 6.61 Å². The van der Waals surface area contributed by atoms with Gasteiger partial charge in [-0.1, -0.05) is 37.3 Å². The van der Waals surface area contributed by atoms with Gasteiger partial charge in [0, 0.05) is 12.3 Å². The van der Waals surface area contributed by atoms with Gasteiger partial charge in [-0.3, -0.25) is 9.59 Å². The quantitative estimate of drug-likeness (QED) is 0.830. The summed E-state index contributed by atoms with van der Waals surface area (Å²) in [6.45, 7) is 1.62. The number of rotatable bonds is 2. The van der Waals surface area contributed by atoms with E-state index < -0.39 is 16.9 Å². The third-order valence-corrected chi connectivity index (χ3v) is 4.99. The van der Waals surface area contributed by atoms with Crippen LogP contribution in [-0.4, -0.2) is 29.1 Å². The maximum atomic E-state index is 12.3. The molecule has 4 nitrogen and oxygen atoms in total. The van der Waals surface area contributed by atoms with Crippen molar-refractivity contribution >= 4 is 11.8 Å². The van der Waals surface area contributed by atoms with E-state index in [9.17, 15) is 14.7 Å². The summed E-state index contributed by atoms with van der Waals surface area (Å²) in [5.41, 5.74) is -1.39. The van der Waals surface area contributed by atoms with Crippen molar-refractivity contribution in [2.24, 2.45) is 11.3 Å². The normalized spacial score (nSPS) is 36.6. The zero-order valence-corrected chi connectivity index (χ0v) is 11.5. The van der Waals surface area contributed by atoms with Crippen molar-refractivity contribution in [3.05, 3.63) is 35.9 Å². The van der Waals surface area contributed by atoms with E-state index in [-0.39, 0.29) is 18.4 Å². The molecule has 3 rings (SSSR count). The summed E-state index contributed by atoms with van der Waals surface area (Å²) in [4.78, 5) is 24.2. The second-order valence-corrected chi connectivity index (χ2v) is 5.93. The minimum atomic E-state index is -1.38. The van der Waals surface area contributed by atoms with E-state index in [0.717, 1.165) is 5.56 Å². The number of hydrogen-bond donors (Lipinski definition) is 1. The van der Waals surface area contributed by atoms with E-state index in [4.69, 9.17) is 4.74 Å². The molecule has 4 heteroatoms. The van der Waals surface area contributed by atoms with Crippen molar-refractivity contribution in [1.82, 2.24) is 0 Å². The third kappa shape index (κ3) is 1.64. The Bertz CT molecular complexity index is 553. The van der Waals surface area contributed by atoms with Crippen LogP contribution in [0.3, 0.4) is 0 Å². The molecule has 2 aliphatic rings. The van der Waals surface area contributed by atoms with Crippen LogP contribution in [0, 0.1) is 11.3 Å². The van der Waals surface area contributed by atoms with Crippen LogP contribution >= 0.6 is 0 Å². The standard InChI is InChI=1S/C16H18O4/c1-11-13(17)7-8-15(9-12-5-3-2-4-6-12)14(18)20-10-16(11,15)19/h2-6,11,19H,7-10H2,1H3/t11?,15-,16-/m0/s1. The average Bonchev–Trinajstić information content (AvgIpc) is 2.71. The number of ketones is 1. The first-order chi connectivity index (χ1) is 9.49. The summed E-state index contributed by atoms with van der Waals surface area (Å²) in [6.07, 6.45) is 1.10. The monoisotopic (exact) mass is 274 g/mol. The molecule has 1 aliphatic carbocycles. The minimum absolute atomic E-state index is 0.00878. The predicted molar refractivity (Wildman–Crippen MR) is 71.9 cm³/mol. The molecule has 1 saturated carbocycles. The first-order valence-electron chi connectivity index (χ1n) is 6.96. The molecular formula is C16H18O4. The number of Topliss-reactive ketones (excluding diaryl/α,β-unsaturated/α-hetero) is 1. The molecule has 20 heavy (non-hydrogen) atoms. The van der Waals surface area contributed by atoms with Gasteiger partial charge in [0.25, 0.3) is 0 Å². The fraction of sp³-hybridized carbons (Fsp3) is 0.500. The van der Waals surface area contributed by atoms with E-state index in [1.807, 2.05) is 30.3 Å². The average molecular weight is 274 g/mol. The molecule has 2 fully saturated rings. The van der Waals surface area contributed by atoms with Gasteiger partial charge in [-0.05, 0) is 18.4 Å². The Morgan fingerprint density at radius 1 is 1.30 bits per heavy atom. The van der Waals surface area contributed by atoms with E-state index in [1.165, 1.54) is 0 Å². The fourth-order valence-corrected chi connectivity index (χ4v) is 3.56. The van der Waals surface area contributed by atoms with Crippen LogP contribution in [0.4, 0.5) is 0 Å². The smallest absolute Gasteiger partial charge is 0.315 e. The largest absolute Gasteiger partial charge is 0.462 e. The Morgan fingerprint density at radius 3 is 2.70 bits per heavy atom. The lowest BCUT2D eigenvalue weighted by molar-refractivity contribution is -0.162. The van der Waals surface area contributed by atoms with E-state index in [0.29, 0.717) is 19.3 Å². The summed E-state index contributed by atoms with van der Waals surface area (Å²) in [6, 6.07) is 9.59. The third-order valence-electron chi connectivity index (χ3n) is 4.99. The van der Waals surface area contributed by atoms with Crippen LogP contribution in [0.15, 0.2) is 30.3 Å². The minimum Gasteiger partial charge on any atom is -0.462 e. The molecule has 0 aromatic heterocycles. The molecule has 3 atom stereocenters. The van der Waals surface area contributed by atoms with Gasteiger partial charge in [0.05, 0.1) is 0 Å². The van der Waals surface area contributed by atoms with Gasteiger partial charge in [-0.2, -0.15) is 0 Å². The number of benzene rings is 1. The zero-order chi connectivity index (χ0) is 14.4. The fourth-order valence-electron chi connectivity index (χ4n) is 3.56. The molecule has 0 spiro atoms. The van der Waals surface area contributed by atoms with Crippen LogP contribution in [-0.2, 0) is 20.7 Å². The van der Waals surface area contributed by atoms with Gasteiger partial charge in [-0.25, -0.2) is 0 Å². The lowest BCUT2D eigenvalue weighted by atomic mass is 9.58. The number of aliphatic hydroxyl groups is 1. The Kier molecular flexibility index (Phi) is 2.94. The molecule has 1 aromatic carbocycles. The highest BCUT2D eigenvalue weighted by Gasteiger charge is 2.67. The maximum absolute atomic E-state index is 12.3. The number of carbonyl (C=O) groups excluding carboxylic acids is 2. The number of cyclic esters (lactones) is 1. The number of ether oxygens (including phenoxy) is 1. The highest BCUT2D eigenvalue weighted by atomic mass is 16.6. The highest BCUT2D eigenvalue weighted by Crippen LogP contribution is 2.52. The van der Waals surface area contributed by atoms with Crippen molar-refractivity contribution in [3.63, 3.8) is 0 Å². The van der Waals surface area contributed by atoms with Crippen LogP contribution in [0.5, 0.6) is 0 Å². The second kappa shape index (κ2) is 4.42. The maximum Gasteiger partial charge on any atom is 0.315 e. The second-order valence-electron chi connectivity index (χ2n) is 5.93. The Balaban J connectivity index is 2.03. The Morgan fingerprint density at radius 2 is 2.00 bits per heavy atom. The summed E-state index contributed by atoms with van der Waals surface area (Å²) < 4.78 is 5.16. The van der Waals surface area contributed by atoms with Crippen molar-refractivity contribution in [1.29, 1.82) is 0 Å². The van der Waals surface area contributed by atoms with Gasteiger partial charge in [0.1, 0.15) is 23.4 Å². The molecule has 0 bridgehead atoms. The lowest BCUT2D eigenvalue weighted by Crippen LogP contribution is -2.59. The number of hydrogen-bond acceptors (Lipinski definition) is 4. The zero-order valence-electron chi connectivity index (χ0n) is 11.5. The molecule has 106 valence electrons. The molecule has 1 saturated heterocycles. The molecule has 1 heterocycles. The van der Waals surface area contributed by atoms with E-state index in [2.05, 4.69) is 0 Å². The first kappa shape index (κ1) is 13.3. The summed E-state index contributed by atoms with van der Waals surface area (Å²) in [5.74, 6) is -0.927. The molecule has 1 aromatic rings. The van der Waals surface area contributed by atoms with Gasteiger partial charge >= 0.3 is 5.97 Å². The van der Waals surface area contributed by atoms with Crippen LogP contribution in [0.25, 0.3) is 0 Å². The topological polar surface area (TPSA) is 63.6 Å². The molecular weight excluding hydrogens is 256 g/mol. The van der Waals surface area contributed by atoms with Crippen molar-refractivity contribution < 1.29 is 19.4 Å². The van der Waals surface area contributed by atoms with Gasteiger partial charge in [-0.15, -0.1) is 0 Å². The molecule has 1 aliphatic heterocycles. The summed E-state index contributed by atoms with van der Waals surface area (Å²) in [5, 5.41) is 11.0. The van der Waals surface area contributed by atoms with Crippen molar-refractivity contribution in [2.45, 2.75) is 31.8 Å². The van der Waals surface area contributed by atoms with Gasteiger partial charge in [0.15, 0.2) is 0 Å². The summed E-state index contributed by atoms with van der Waals surface area (Å²) >= 11 is 0. The van der Waals surface area contributed by atoms with Gasteiger partial charge in [0.2, 0.25) is 0 Å². The molecule has 1 unspecified atom stereocenters. The predicted octanol–water partition coefficient (Wildman–Crippen LogP) is 1.50. The van der Waals surface area contributed by atoms with E-state index >= 15 is 0 Å². The number of carbonyl (C=O) groups is 2. The van der Waals surface area contributed by atoms with Gasteiger partial charge < -0.3 is 9.84 Å². The molecule has 0 amide bonds. The first-order valence-corrected chi connectivity index (χ1v) is 6.96. The molecule has 1 N–H and O–H groups in total. The lowest BCUT2D eigenvalue weighted by Gasteiger charge is -2.45. The van der Waals surface area contributed by atoms with Crippen molar-refractivity contribution in [3.8, 4) is 0 Å². The van der Waals surface area contributed by atoms with Crippen LogP contribution in [0.2, 0.25) is 0 Å². The molecule has 0 radical (unpaired) electrons.